The van der Waals surface area contributed by atoms with E-state index in [1.54, 1.807) is 25.3 Å². The van der Waals surface area contributed by atoms with Gasteiger partial charge in [-0.2, -0.15) is 0 Å². The Morgan fingerprint density at radius 1 is 1.19 bits per heavy atom. The SMILES string of the molecule is COc1ccc(-c2c(-c3ccccc3F)oc3ncnc(O[C@@H]4CCCN(CCCC(=O)O)C4)c23)cc1. The van der Waals surface area contributed by atoms with Crippen LogP contribution >= 0.6 is 0 Å². The standard InChI is InChI=1S/C28H28FN3O5/c1-35-19-12-10-18(11-13-19)24-25-27(36-20-6-4-14-32(16-20)15-5-9-23(33)34)30-17-31-28(25)37-26(24)21-7-2-3-8-22(21)29/h2-3,7-8,10-13,17,20H,4-6,9,14-16H2,1H3,(H,33,34)/t20-/m1/s1. The van der Waals surface area contributed by atoms with Gasteiger partial charge in [0.05, 0.1) is 12.7 Å². The minimum Gasteiger partial charge on any atom is -0.497 e. The van der Waals surface area contributed by atoms with Crippen molar-refractivity contribution in [2.45, 2.75) is 31.8 Å². The lowest BCUT2D eigenvalue weighted by Crippen LogP contribution is -2.41. The van der Waals surface area contributed by atoms with Crippen molar-refractivity contribution >= 4 is 17.1 Å². The predicted octanol–water partition coefficient (Wildman–Crippen LogP) is 5.41. The monoisotopic (exact) mass is 505 g/mol. The van der Waals surface area contributed by atoms with Gasteiger partial charge in [-0.15, -0.1) is 0 Å². The Morgan fingerprint density at radius 3 is 2.76 bits per heavy atom. The van der Waals surface area contributed by atoms with Crippen molar-refractivity contribution in [3.8, 4) is 34.1 Å². The molecule has 9 heteroatoms. The van der Waals surface area contributed by atoms with Gasteiger partial charge in [0.1, 0.15) is 35.1 Å². The molecule has 0 aliphatic carbocycles. The average molecular weight is 506 g/mol. The zero-order valence-electron chi connectivity index (χ0n) is 20.5. The topological polar surface area (TPSA) is 97.9 Å². The van der Waals surface area contributed by atoms with Crippen molar-refractivity contribution in [2.24, 2.45) is 0 Å². The van der Waals surface area contributed by atoms with E-state index in [-0.39, 0.29) is 12.5 Å². The molecular weight excluding hydrogens is 477 g/mol. The molecule has 1 aliphatic rings. The number of hydrogen-bond donors (Lipinski definition) is 1. The van der Waals surface area contributed by atoms with Crippen LogP contribution in [-0.2, 0) is 4.79 Å². The number of nitrogens with zero attached hydrogens (tertiary/aromatic N) is 3. The molecule has 192 valence electrons. The van der Waals surface area contributed by atoms with Crippen molar-refractivity contribution < 1.29 is 28.2 Å². The number of rotatable bonds is 9. The normalized spacial score (nSPS) is 16.1. The van der Waals surface area contributed by atoms with Gasteiger partial charge in [0.2, 0.25) is 11.6 Å². The highest BCUT2D eigenvalue weighted by atomic mass is 19.1. The molecule has 0 saturated carbocycles. The lowest BCUT2D eigenvalue weighted by atomic mass is 9.99. The molecule has 4 aromatic rings. The molecule has 5 rings (SSSR count). The number of carboxylic acids is 1. The first-order valence-electron chi connectivity index (χ1n) is 12.3. The summed E-state index contributed by atoms with van der Waals surface area (Å²) in [7, 11) is 1.60. The van der Waals surface area contributed by atoms with E-state index in [0.29, 0.717) is 59.1 Å². The van der Waals surface area contributed by atoms with Crippen LogP contribution in [0.1, 0.15) is 25.7 Å². The molecule has 1 aliphatic heterocycles. The molecule has 0 radical (unpaired) electrons. The fraction of sp³-hybridized carbons (Fsp3) is 0.321. The van der Waals surface area contributed by atoms with Gasteiger partial charge in [-0.05, 0) is 62.2 Å². The number of furan rings is 1. The Morgan fingerprint density at radius 2 is 2.00 bits per heavy atom. The molecule has 8 nitrogen and oxygen atoms in total. The Balaban J connectivity index is 1.53. The summed E-state index contributed by atoms with van der Waals surface area (Å²) in [6.45, 7) is 2.27. The molecule has 0 bridgehead atoms. The van der Waals surface area contributed by atoms with Gasteiger partial charge in [0, 0.05) is 18.5 Å². The summed E-state index contributed by atoms with van der Waals surface area (Å²) in [4.78, 5) is 21.9. The van der Waals surface area contributed by atoms with E-state index in [9.17, 15) is 9.18 Å². The molecule has 3 heterocycles. The number of methoxy groups -OCH3 is 1. The van der Waals surface area contributed by atoms with Crippen LogP contribution in [-0.4, -0.2) is 58.8 Å². The third kappa shape index (κ3) is 5.41. The number of benzene rings is 2. The number of aliphatic carboxylic acids is 1. The summed E-state index contributed by atoms with van der Waals surface area (Å²) in [6.07, 6.45) is 3.77. The van der Waals surface area contributed by atoms with Gasteiger partial charge < -0.3 is 19.0 Å². The van der Waals surface area contributed by atoms with E-state index in [1.165, 1.54) is 12.4 Å². The Hall–Kier alpha value is -3.98. The van der Waals surface area contributed by atoms with E-state index in [0.717, 1.165) is 24.9 Å². The number of fused-ring (bicyclic) bond motifs is 1. The van der Waals surface area contributed by atoms with Gasteiger partial charge in [0.15, 0.2) is 0 Å². The van der Waals surface area contributed by atoms with Crippen LogP contribution in [0.15, 0.2) is 59.3 Å². The molecule has 1 saturated heterocycles. The Bertz CT molecular complexity index is 1390. The summed E-state index contributed by atoms with van der Waals surface area (Å²) in [5.74, 6) is 0.227. The second kappa shape index (κ2) is 11.0. The van der Waals surface area contributed by atoms with Crippen LogP contribution in [0.3, 0.4) is 0 Å². The van der Waals surface area contributed by atoms with Crippen molar-refractivity contribution in [3.05, 3.63) is 60.7 Å². The highest BCUT2D eigenvalue weighted by Crippen LogP contribution is 2.44. The van der Waals surface area contributed by atoms with Gasteiger partial charge in [-0.1, -0.05) is 24.3 Å². The van der Waals surface area contributed by atoms with Crippen molar-refractivity contribution in [2.75, 3.05) is 26.7 Å². The van der Waals surface area contributed by atoms with Crippen LogP contribution in [0.2, 0.25) is 0 Å². The summed E-state index contributed by atoms with van der Waals surface area (Å²) in [6, 6.07) is 13.9. The molecular formula is C28H28FN3O5. The van der Waals surface area contributed by atoms with Crippen molar-refractivity contribution in [1.82, 2.24) is 14.9 Å². The Kier molecular flexibility index (Phi) is 7.32. The lowest BCUT2D eigenvalue weighted by molar-refractivity contribution is -0.137. The van der Waals surface area contributed by atoms with Crippen LogP contribution in [0.4, 0.5) is 4.39 Å². The fourth-order valence-corrected chi connectivity index (χ4v) is 4.79. The molecule has 1 fully saturated rings. The molecule has 0 amide bonds. The first-order valence-corrected chi connectivity index (χ1v) is 12.3. The molecule has 1 N–H and O–H groups in total. The number of piperidine rings is 1. The van der Waals surface area contributed by atoms with E-state index in [1.807, 2.05) is 24.3 Å². The quantitative estimate of drug-likeness (QED) is 0.322. The van der Waals surface area contributed by atoms with Gasteiger partial charge in [0.25, 0.3) is 0 Å². The molecule has 2 aromatic heterocycles. The smallest absolute Gasteiger partial charge is 0.303 e. The minimum atomic E-state index is -0.787. The van der Waals surface area contributed by atoms with E-state index >= 15 is 0 Å². The maximum Gasteiger partial charge on any atom is 0.303 e. The first-order chi connectivity index (χ1) is 18.0. The molecule has 0 spiro atoms. The van der Waals surface area contributed by atoms with Crippen LogP contribution in [0, 0.1) is 5.82 Å². The molecule has 37 heavy (non-hydrogen) atoms. The van der Waals surface area contributed by atoms with Crippen LogP contribution in [0.25, 0.3) is 33.6 Å². The van der Waals surface area contributed by atoms with Crippen molar-refractivity contribution in [3.63, 3.8) is 0 Å². The third-order valence-corrected chi connectivity index (χ3v) is 6.56. The predicted molar refractivity (Wildman–Crippen MR) is 136 cm³/mol. The second-order valence-electron chi connectivity index (χ2n) is 9.05. The van der Waals surface area contributed by atoms with Gasteiger partial charge in [-0.3, -0.25) is 9.69 Å². The number of carbonyl (C=O) groups is 1. The second-order valence-corrected chi connectivity index (χ2v) is 9.05. The fourth-order valence-electron chi connectivity index (χ4n) is 4.79. The van der Waals surface area contributed by atoms with E-state index < -0.39 is 11.8 Å². The summed E-state index contributed by atoms with van der Waals surface area (Å²) in [5, 5.41) is 9.52. The lowest BCUT2D eigenvalue weighted by Gasteiger charge is -2.32. The Labute approximate surface area is 213 Å². The molecule has 1 atom stereocenters. The van der Waals surface area contributed by atoms with Crippen molar-refractivity contribution in [1.29, 1.82) is 0 Å². The third-order valence-electron chi connectivity index (χ3n) is 6.56. The minimum absolute atomic E-state index is 0.132. The highest BCUT2D eigenvalue weighted by Gasteiger charge is 2.27. The van der Waals surface area contributed by atoms with E-state index in [2.05, 4.69) is 14.9 Å². The highest BCUT2D eigenvalue weighted by molar-refractivity contribution is 6.03. The number of aromatic nitrogens is 2. The maximum atomic E-state index is 14.9. The molecule has 2 aromatic carbocycles. The number of hydrogen-bond acceptors (Lipinski definition) is 7. The van der Waals surface area contributed by atoms with Crippen LogP contribution < -0.4 is 9.47 Å². The summed E-state index contributed by atoms with van der Waals surface area (Å²) >= 11 is 0. The summed E-state index contributed by atoms with van der Waals surface area (Å²) in [5.41, 5.74) is 2.06. The van der Waals surface area contributed by atoms with Gasteiger partial charge in [-0.25, -0.2) is 14.4 Å². The van der Waals surface area contributed by atoms with Gasteiger partial charge >= 0.3 is 5.97 Å². The summed E-state index contributed by atoms with van der Waals surface area (Å²) < 4.78 is 32.8. The maximum absolute atomic E-state index is 14.9. The number of carboxylic acid groups (broad SMARTS) is 1. The number of likely N-dealkylation sites (tertiary alicyclic amines) is 1. The largest absolute Gasteiger partial charge is 0.497 e. The number of ether oxygens (including phenoxy) is 2. The average Bonchev–Trinajstić information content (AvgIpc) is 3.29. The van der Waals surface area contributed by atoms with E-state index in [4.69, 9.17) is 19.0 Å². The first kappa shape index (κ1) is 24.7. The number of halogens is 1. The molecule has 0 unspecified atom stereocenters. The zero-order valence-corrected chi connectivity index (χ0v) is 20.5. The van der Waals surface area contributed by atoms with Crippen LogP contribution in [0.5, 0.6) is 11.6 Å². The zero-order chi connectivity index (χ0) is 25.8.